The summed E-state index contributed by atoms with van der Waals surface area (Å²) >= 11 is 6.16. The summed E-state index contributed by atoms with van der Waals surface area (Å²) in [5, 5.41) is 4.20. The third-order valence-corrected chi connectivity index (χ3v) is 4.82. The molecule has 0 unspecified atom stereocenters. The van der Waals surface area contributed by atoms with Crippen molar-refractivity contribution in [2.24, 2.45) is 0 Å². The summed E-state index contributed by atoms with van der Waals surface area (Å²) in [5.41, 5.74) is 4.59. The number of hydrogen-bond donors (Lipinski definition) is 1. The van der Waals surface area contributed by atoms with Crippen LogP contribution in [0.2, 0.25) is 5.15 Å². The minimum atomic E-state index is -0.298. The molecule has 1 aliphatic heterocycles. The van der Waals surface area contributed by atoms with E-state index in [-0.39, 0.29) is 5.54 Å². The molecule has 0 atom stereocenters. The molecule has 1 aromatic heterocycles. The molecule has 0 spiro atoms. The monoisotopic (exact) mass is 320 g/mol. The van der Waals surface area contributed by atoms with Crippen LogP contribution in [-0.4, -0.2) is 4.98 Å². The van der Waals surface area contributed by atoms with E-state index in [9.17, 15) is 0 Å². The van der Waals surface area contributed by atoms with Gasteiger partial charge in [-0.25, -0.2) is 4.98 Å². The molecule has 3 heteroatoms. The highest BCUT2D eigenvalue weighted by molar-refractivity contribution is 6.29. The van der Waals surface area contributed by atoms with Crippen molar-refractivity contribution in [3.05, 3.63) is 94.1 Å². The van der Waals surface area contributed by atoms with E-state index < -0.39 is 0 Å². The lowest BCUT2D eigenvalue weighted by Crippen LogP contribution is -2.34. The lowest BCUT2D eigenvalue weighted by Gasteiger charge is -2.31. The lowest BCUT2D eigenvalue weighted by atomic mass is 9.80. The number of fused-ring (bicyclic) bond motifs is 1. The average Bonchev–Trinajstić information content (AvgIpc) is 2.98. The molecule has 0 fully saturated rings. The maximum atomic E-state index is 6.16. The van der Waals surface area contributed by atoms with Gasteiger partial charge in [-0.1, -0.05) is 72.3 Å². The van der Waals surface area contributed by atoms with Crippen LogP contribution >= 0.6 is 11.6 Å². The lowest BCUT2D eigenvalue weighted by molar-refractivity contribution is 0.615. The van der Waals surface area contributed by atoms with Gasteiger partial charge in [0.05, 0.1) is 5.54 Å². The Morgan fingerprint density at radius 3 is 2.09 bits per heavy atom. The van der Waals surface area contributed by atoms with Crippen LogP contribution in [0.25, 0.3) is 0 Å². The van der Waals surface area contributed by atoms with Crippen LogP contribution in [0.5, 0.6) is 0 Å². The van der Waals surface area contributed by atoms with Crippen LogP contribution in [0.15, 0.2) is 66.7 Å². The first-order valence-electron chi connectivity index (χ1n) is 7.74. The topological polar surface area (TPSA) is 24.9 Å². The van der Waals surface area contributed by atoms with Crippen LogP contribution in [0.4, 0.5) is 5.82 Å². The minimum absolute atomic E-state index is 0.298. The van der Waals surface area contributed by atoms with E-state index in [0.717, 1.165) is 12.2 Å². The SMILES string of the molecule is Cc1cc(Cl)nc2c1CC(c1ccccc1)(c1ccccc1)N2. The fourth-order valence-electron chi connectivity index (χ4n) is 3.46. The zero-order valence-electron chi connectivity index (χ0n) is 12.9. The molecular formula is C20H17ClN2. The second-order valence-electron chi connectivity index (χ2n) is 6.03. The molecule has 4 rings (SSSR count). The summed E-state index contributed by atoms with van der Waals surface area (Å²) in [6, 6.07) is 23.0. The first-order valence-corrected chi connectivity index (χ1v) is 8.12. The van der Waals surface area contributed by atoms with Gasteiger partial charge >= 0.3 is 0 Å². The Morgan fingerprint density at radius 1 is 0.957 bits per heavy atom. The predicted octanol–water partition coefficient (Wildman–Crippen LogP) is 4.96. The van der Waals surface area contributed by atoms with E-state index in [2.05, 4.69) is 65.8 Å². The van der Waals surface area contributed by atoms with Gasteiger partial charge in [-0.15, -0.1) is 0 Å². The van der Waals surface area contributed by atoms with Crippen molar-refractivity contribution in [2.45, 2.75) is 18.9 Å². The van der Waals surface area contributed by atoms with Crippen LogP contribution in [0, 0.1) is 6.92 Å². The third-order valence-electron chi connectivity index (χ3n) is 4.62. The minimum Gasteiger partial charge on any atom is -0.356 e. The molecule has 2 aromatic carbocycles. The van der Waals surface area contributed by atoms with Gasteiger partial charge in [0.15, 0.2) is 0 Å². The molecule has 0 saturated heterocycles. The molecular weight excluding hydrogens is 304 g/mol. The first-order chi connectivity index (χ1) is 11.2. The van der Waals surface area contributed by atoms with Gasteiger partial charge in [-0.3, -0.25) is 0 Å². The molecule has 1 N–H and O–H groups in total. The predicted molar refractivity (Wildman–Crippen MR) is 95.0 cm³/mol. The highest BCUT2D eigenvalue weighted by Gasteiger charge is 2.41. The fourth-order valence-corrected chi connectivity index (χ4v) is 3.71. The van der Waals surface area contributed by atoms with Gasteiger partial charge in [-0.2, -0.15) is 0 Å². The zero-order chi connectivity index (χ0) is 15.9. The second-order valence-corrected chi connectivity index (χ2v) is 6.42. The molecule has 2 heterocycles. The van der Waals surface area contributed by atoms with E-state index in [1.54, 1.807) is 0 Å². The van der Waals surface area contributed by atoms with Crippen molar-refractivity contribution in [1.82, 2.24) is 4.98 Å². The van der Waals surface area contributed by atoms with Crippen LogP contribution in [0.3, 0.4) is 0 Å². The molecule has 2 nitrogen and oxygen atoms in total. The number of anilines is 1. The second kappa shape index (κ2) is 5.39. The smallest absolute Gasteiger partial charge is 0.132 e. The maximum Gasteiger partial charge on any atom is 0.132 e. The van der Waals surface area contributed by atoms with Crippen LogP contribution in [0.1, 0.15) is 22.3 Å². The Morgan fingerprint density at radius 2 is 1.52 bits per heavy atom. The number of aryl methyl sites for hydroxylation is 1. The number of pyridine rings is 1. The van der Waals surface area contributed by atoms with E-state index in [0.29, 0.717) is 5.15 Å². The summed E-state index contributed by atoms with van der Waals surface area (Å²) in [6.07, 6.45) is 0.867. The van der Waals surface area contributed by atoms with Gasteiger partial charge in [0.25, 0.3) is 0 Å². The molecule has 3 aromatic rings. The molecule has 0 bridgehead atoms. The molecule has 1 aliphatic rings. The standard InChI is InChI=1S/C20H17ClN2/c1-14-12-18(21)22-19-17(14)13-20(23-19,15-8-4-2-5-9-15)16-10-6-3-7-11-16/h2-12H,13H2,1H3,(H,22,23). The number of benzene rings is 2. The number of rotatable bonds is 2. The summed E-state index contributed by atoms with van der Waals surface area (Å²) < 4.78 is 0. The number of nitrogens with one attached hydrogen (secondary N) is 1. The average molecular weight is 321 g/mol. The summed E-state index contributed by atoms with van der Waals surface area (Å²) in [4.78, 5) is 4.52. The Hall–Kier alpha value is -2.32. The Balaban J connectivity index is 1.92. The molecule has 0 aliphatic carbocycles. The number of halogens is 1. The van der Waals surface area contributed by atoms with Crippen molar-refractivity contribution < 1.29 is 0 Å². The van der Waals surface area contributed by atoms with Gasteiger partial charge < -0.3 is 5.32 Å². The maximum absolute atomic E-state index is 6.16. The van der Waals surface area contributed by atoms with Crippen molar-refractivity contribution >= 4 is 17.4 Å². The van der Waals surface area contributed by atoms with Crippen molar-refractivity contribution in [3.63, 3.8) is 0 Å². The fraction of sp³-hybridized carbons (Fsp3) is 0.150. The van der Waals surface area contributed by atoms with E-state index >= 15 is 0 Å². The quantitative estimate of drug-likeness (QED) is 0.675. The Kier molecular flexibility index (Phi) is 3.35. The molecule has 0 saturated carbocycles. The van der Waals surface area contributed by atoms with E-state index in [1.807, 2.05) is 18.2 Å². The van der Waals surface area contributed by atoms with Crippen molar-refractivity contribution in [2.75, 3.05) is 5.32 Å². The molecule has 114 valence electrons. The van der Waals surface area contributed by atoms with Gasteiger partial charge in [0.2, 0.25) is 0 Å². The largest absolute Gasteiger partial charge is 0.356 e. The van der Waals surface area contributed by atoms with Gasteiger partial charge in [0.1, 0.15) is 11.0 Å². The number of hydrogen-bond acceptors (Lipinski definition) is 2. The van der Waals surface area contributed by atoms with E-state index in [4.69, 9.17) is 11.6 Å². The van der Waals surface area contributed by atoms with Gasteiger partial charge in [-0.05, 0) is 29.7 Å². The van der Waals surface area contributed by atoms with E-state index in [1.165, 1.54) is 22.3 Å². The summed E-state index contributed by atoms with van der Waals surface area (Å²) in [7, 11) is 0. The van der Waals surface area contributed by atoms with Crippen LogP contribution < -0.4 is 5.32 Å². The highest BCUT2D eigenvalue weighted by atomic mass is 35.5. The number of aromatic nitrogens is 1. The first kappa shape index (κ1) is 14.3. The van der Waals surface area contributed by atoms with Crippen molar-refractivity contribution in [3.8, 4) is 0 Å². The van der Waals surface area contributed by atoms with Crippen LogP contribution in [-0.2, 0) is 12.0 Å². The summed E-state index contributed by atoms with van der Waals surface area (Å²) in [6.45, 7) is 2.10. The molecule has 0 radical (unpaired) electrons. The van der Waals surface area contributed by atoms with Gasteiger partial charge in [0, 0.05) is 12.0 Å². The zero-order valence-corrected chi connectivity index (χ0v) is 13.6. The highest BCUT2D eigenvalue weighted by Crippen LogP contribution is 2.44. The Bertz CT molecular complexity index is 805. The Labute approximate surface area is 141 Å². The van der Waals surface area contributed by atoms with Crippen molar-refractivity contribution in [1.29, 1.82) is 0 Å². The summed E-state index contributed by atoms with van der Waals surface area (Å²) in [5.74, 6) is 0.891. The normalized spacial score (nSPS) is 15.0. The molecule has 0 amide bonds. The molecule has 23 heavy (non-hydrogen) atoms. The third kappa shape index (κ3) is 2.30. The number of nitrogens with zero attached hydrogens (tertiary/aromatic N) is 1.